The molecule has 1 unspecified atom stereocenters. The van der Waals surface area contributed by atoms with Crippen LogP contribution in [0.15, 0.2) is 87.1 Å². The first-order chi connectivity index (χ1) is 18.3. The van der Waals surface area contributed by atoms with Gasteiger partial charge in [0.1, 0.15) is 5.76 Å². The lowest BCUT2D eigenvalue weighted by molar-refractivity contribution is -0.114. The van der Waals surface area contributed by atoms with Gasteiger partial charge in [-0.15, -0.1) is 0 Å². The topological polar surface area (TPSA) is 107 Å². The molecule has 0 fully saturated rings. The van der Waals surface area contributed by atoms with E-state index in [1.54, 1.807) is 19.1 Å². The van der Waals surface area contributed by atoms with E-state index in [0.717, 1.165) is 23.2 Å². The molecule has 1 aromatic heterocycles. The molecule has 2 aromatic carbocycles. The molecule has 3 aromatic rings. The molecular weight excluding hydrogens is 496 g/mol. The third kappa shape index (κ3) is 5.84. The second-order valence-corrected chi connectivity index (χ2v) is 10.1. The number of thioether (sulfide) groups is 1. The Kier molecular flexibility index (Phi) is 8.39. The Morgan fingerprint density at radius 3 is 2.34 bits per heavy atom. The van der Waals surface area contributed by atoms with Crippen molar-refractivity contribution in [3.63, 3.8) is 0 Å². The predicted molar refractivity (Wildman–Crippen MR) is 151 cm³/mol. The summed E-state index contributed by atoms with van der Waals surface area (Å²) >= 11 is 1.22. The number of benzene rings is 2. The second-order valence-electron chi connectivity index (χ2n) is 9.07. The lowest BCUT2D eigenvalue weighted by atomic mass is 9.85. The van der Waals surface area contributed by atoms with Crippen LogP contribution in [0.5, 0.6) is 0 Å². The summed E-state index contributed by atoms with van der Waals surface area (Å²) in [6.07, 6.45) is 2.45. The molecule has 1 aliphatic rings. The fourth-order valence-electron chi connectivity index (χ4n) is 4.42. The molecule has 7 nitrogen and oxygen atoms in total. The second kappa shape index (κ2) is 11.9. The van der Waals surface area contributed by atoms with Crippen LogP contribution in [0.2, 0.25) is 0 Å². The van der Waals surface area contributed by atoms with Gasteiger partial charge in [-0.3, -0.25) is 9.59 Å². The average molecular weight is 527 g/mol. The highest BCUT2D eigenvalue weighted by molar-refractivity contribution is 8.03. The number of para-hydroxylation sites is 1. The molecule has 194 valence electrons. The molecule has 8 heteroatoms. The summed E-state index contributed by atoms with van der Waals surface area (Å²) in [5.74, 6) is -0.662. The Bertz CT molecular complexity index is 1430. The smallest absolute Gasteiger partial charge is 0.254 e. The van der Waals surface area contributed by atoms with Gasteiger partial charge >= 0.3 is 0 Å². The van der Waals surface area contributed by atoms with Crippen LogP contribution in [0.1, 0.15) is 42.2 Å². The minimum absolute atomic E-state index is 0.0884. The van der Waals surface area contributed by atoms with Gasteiger partial charge in [0.15, 0.2) is 0 Å². The monoisotopic (exact) mass is 526 g/mol. The van der Waals surface area contributed by atoms with E-state index in [2.05, 4.69) is 28.9 Å². The van der Waals surface area contributed by atoms with Crippen molar-refractivity contribution in [2.75, 3.05) is 16.4 Å². The maximum absolute atomic E-state index is 13.6. The van der Waals surface area contributed by atoms with E-state index in [0.29, 0.717) is 33.3 Å². The third-order valence-electron chi connectivity index (χ3n) is 6.43. The number of anilines is 2. The van der Waals surface area contributed by atoms with Gasteiger partial charge in [0.05, 0.1) is 40.2 Å². The number of nitrogens with one attached hydrogen (secondary N) is 3. The Hall–Kier alpha value is -4.22. The zero-order chi connectivity index (χ0) is 27.2. The van der Waals surface area contributed by atoms with Gasteiger partial charge < -0.3 is 20.4 Å². The Labute approximate surface area is 227 Å². The van der Waals surface area contributed by atoms with Crippen LogP contribution in [-0.4, -0.2) is 17.6 Å². The molecule has 0 bridgehead atoms. The van der Waals surface area contributed by atoms with Gasteiger partial charge in [-0.1, -0.05) is 49.0 Å². The molecule has 2 amide bonds. The zero-order valence-electron chi connectivity index (χ0n) is 21.8. The number of carbonyl (C=O) groups excluding carboxylic acids is 2. The molecule has 0 radical (unpaired) electrons. The molecule has 38 heavy (non-hydrogen) atoms. The van der Waals surface area contributed by atoms with Crippen LogP contribution in [0, 0.1) is 25.2 Å². The number of dihydropyridines is 1. The SMILES string of the molecule is CCc1ccc(NC(=O)CSC2=C(C#N)C(c3ccco3)C(C(=O)Nc3c(C)cccc3C)=C(C)N2)cc1. The summed E-state index contributed by atoms with van der Waals surface area (Å²) in [7, 11) is 0. The summed E-state index contributed by atoms with van der Waals surface area (Å²) in [6, 6.07) is 19.3. The fourth-order valence-corrected chi connectivity index (χ4v) is 5.31. The lowest BCUT2D eigenvalue weighted by Gasteiger charge is -2.28. The van der Waals surface area contributed by atoms with Crippen molar-refractivity contribution in [3.8, 4) is 6.07 Å². The first-order valence-electron chi connectivity index (χ1n) is 12.4. The number of allylic oxidation sites excluding steroid dienone is 2. The Balaban J connectivity index is 1.58. The minimum Gasteiger partial charge on any atom is -0.468 e. The number of nitrogens with zero attached hydrogens (tertiary/aromatic N) is 1. The van der Waals surface area contributed by atoms with Crippen molar-refractivity contribution in [3.05, 3.63) is 105 Å². The highest BCUT2D eigenvalue weighted by Crippen LogP contribution is 2.41. The number of carbonyl (C=O) groups is 2. The summed E-state index contributed by atoms with van der Waals surface area (Å²) in [4.78, 5) is 26.3. The molecule has 2 heterocycles. The third-order valence-corrected chi connectivity index (χ3v) is 7.45. The standard InChI is InChI=1S/C30H30N4O3S/c1-5-21-11-13-22(14-12-21)33-25(35)17-38-30-23(16-31)27(24-10-7-15-37-24)26(20(4)32-30)29(36)34-28-18(2)8-6-9-19(28)3/h6-15,27,32H,5,17H2,1-4H3,(H,33,35)(H,34,36). The molecule has 0 saturated heterocycles. The van der Waals surface area contributed by atoms with E-state index >= 15 is 0 Å². The van der Waals surface area contributed by atoms with Crippen molar-refractivity contribution in [2.45, 2.75) is 40.0 Å². The van der Waals surface area contributed by atoms with Crippen LogP contribution in [0.4, 0.5) is 11.4 Å². The average Bonchev–Trinajstić information content (AvgIpc) is 3.44. The molecule has 0 aliphatic carbocycles. The van der Waals surface area contributed by atoms with E-state index < -0.39 is 5.92 Å². The van der Waals surface area contributed by atoms with E-state index in [1.807, 2.05) is 56.3 Å². The number of aryl methyl sites for hydroxylation is 3. The molecule has 0 saturated carbocycles. The van der Waals surface area contributed by atoms with Crippen LogP contribution in [0.3, 0.4) is 0 Å². The van der Waals surface area contributed by atoms with Gasteiger partial charge in [0, 0.05) is 17.1 Å². The van der Waals surface area contributed by atoms with E-state index in [-0.39, 0.29) is 17.6 Å². The quantitative estimate of drug-likeness (QED) is 0.324. The fraction of sp³-hybridized carbons (Fsp3) is 0.233. The summed E-state index contributed by atoms with van der Waals surface area (Å²) < 4.78 is 5.69. The summed E-state index contributed by atoms with van der Waals surface area (Å²) in [5.41, 5.74) is 5.83. The van der Waals surface area contributed by atoms with Gasteiger partial charge in [-0.2, -0.15) is 5.26 Å². The number of furan rings is 1. The number of hydrogen-bond acceptors (Lipinski definition) is 6. The van der Waals surface area contributed by atoms with Crippen molar-refractivity contribution in [1.82, 2.24) is 5.32 Å². The molecule has 3 N–H and O–H groups in total. The Morgan fingerprint density at radius 1 is 1.03 bits per heavy atom. The Morgan fingerprint density at radius 2 is 1.74 bits per heavy atom. The van der Waals surface area contributed by atoms with Crippen LogP contribution >= 0.6 is 11.8 Å². The first-order valence-corrected chi connectivity index (χ1v) is 13.4. The minimum atomic E-state index is -0.715. The van der Waals surface area contributed by atoms with Crippen molar-refractivity contribution < 1.29 is 14.0 Å². The van der Waals surface area contributed by atoms with Gasteiger partial charge in [-0.05, 0) is 68.1 Å². The maximum Gasteiger partial charge on any atom is 0.254 e. The van der Waals surface area contributed by atoms with Crippen LogP contribution in [0.25, 0.3) is 0 Å². The van der Waals surface area contributed by atoms with Gasteiger partial charge in [-0.25, -0.2) is 0 Å². The molecule has 1 aliphatic heterocycles. The van der Waals surface area contributed by atoms with Gasteiger partial charge in [0.25, 0.3) is 5.91 Å². The number of hydrogen-bond donors (Lipinski definition) is 3. The number of amides is 2. The van der Waals surface area contributed by atoms with Crippen molar-refractivity contribution in [1.29, 1.82) is 5.26 Å². The predicted octanol–water partition coefficient (Wildman–Crippen LogP) is 6.17. The molecule has 4 rings (SSSR count). The zero-order valence-corrected chi connectivity index (χ0v) is 22.7. The van der Waals surface area contributed by atoms with Gasteiger partial charge in [0.2, 0.25) is 5.91 Å². The largest absolute Gasteiger partial charge is 0.468 e. The maximum atomic E-state index is 13.6. The summed E-state index contributed by atoms with van der Waals surface area (Å²) in [6.45, 7) is 7.74. The van der Waals surface area contributed by atoms with Crippen molar-refractivity contribution in [2.24, 2.45) is 0 Å². The number of nitriles is 1. The van der Waals surface area contributed by atoms with Crippen LogP contribution in [-0.2, 0) is 16.0 Å². The highest BCUT2D eigenvalue weighted by atomic mass is 32.2. The molecular formula is C30H30N4O3S. The van der Waals surface area contributed by atoms with Crippen LogP contribution < -0.4 is 16.0 Å². The lowest BCUT2D eigenvalue weighted by Crippen LogP contribution is -2.31. The number of rotatable bonds is 8. The first kappa shape index (κ1) is 26.8. The normalized spacial score (nSPS) is 15.1. The molecule has 1 atom stereocenters. The summed E-state index contributed by atoms with van der Waals surface area (Å²) in [5, 5.41) is 19.8. The highest BCUT2D eigenvalue weighted by Gasteiger charge is 2.36. The van der Waals surface area contributed by atoms with E-state index in [4.69, 9.17) is 4.42 Å². The van der Waals surface area contributed by atoms with Crippen molar-refractivity contribution >= 4 is 35.0 Å². The molecule has 0 spiro atoms. The van der Waals surface area contributed by atoms with E-state index in [9.17, 15) is 14.9 Å². The van der Waals surface area contributed by atoms with E-state index in [1.165, 1.54) is 23.6 Å².